The fourth-order valence-corrected chi connectivity index (χ4v) is 5.38. The molecule has 9 heteroatoms. The van der Waals surface area contributed by atoms with Crippen molar-refractivity contribution in [1.82, 2.24) is 4.72 Å². The Morgan fingerprint density at radius 3 is 2.50 bits per heavy atom. The molecule has 0 spiro atoms. The van der Waals surface area contributed by atoms with Crippen LogP contribution < -0.4 is 4.72 Å². The number of carbonyl (C=O) groups is 2. The summed E-state index contributed by atoms with van der Waals surface area (Å²) in [6.07, 6.45) is 0.184. The van der Waals surface area contributed by atoms with E-state index < -0.39 is 27.5 Å². The van der Waals surface area contributed by atoms with E-state index in [1.165, 1.54) is 36.9 Å². The fraction of sp³-hybridized carbons (Fsp3) is 0.385. The number of aliphatic carboxylic acids is 1. The van der Waals surface area contributed by atoms with E-state index in [9.17, 15) is 23.1 Å². The molecule has 1 unspecified atom stereocenters. The minimum Gasteiger partial charge on any atom is -0.480 e. The lowest BCUT2D eigenvalue weighted by molar-refractivity contribution is -0.142. The maximum Gasteiger partial charge on any atom is 0.335 e. The number of hydrogen-bond donors (Lipinski definition) is 3. The van der Waals surface area contributed by atoms with Gasteiger partial charge in [-0.2, -0.15) is 16.5 Å². The van der Waals surface area contributed by atoms with Crippen LogP contribution in [0.4, 0.5) is 0 Å². The Kier molecular flexibility index (Phi) is 4.50. The van der Waals surface area contributed by atoms with Crippen molar-refractivity contribution >= 4 is 33.7 Å². The molecule has 1 aliphatic heterocycles. The Hall–Kier alpha value is -1.58. The molecule has 0 aliphatic carbocycles. The van der Waals surface area contributed by atoms with E-state index in [4.69, 9.17) is 5.11 Å². The SMILES string of the molecule is Cc1c(C(=O)O)cccc1S(=O)(=O)NC1(C(=O)O)CCSC1. The third kappa shape index (κ3) is 2.96. The van der Waals surface area contributed by atoms with Crippen LogP contribution in [-0.4, -0.2) is 47.6 Å². The molecule has 0 bridgehead atoms. The molecule has 1 saturated heterocycles. The molecule has 120 valence electrons. The molecule has 1 heterocycles. The summed E-state index contributed by atoms with van der Waals surface area (Å²) in [5.74, 6) is -1.78. The molecule has 1 aliphatic rings. The highest BCUT2D eigenvalue weighted by Crippen LogP contribution is 2.30. The minimum atomic E-state index is -4.14. The van der Waals surface area contributed by atoms with Gasteiger partial charge >= 0.3 is 11.9 Å². The zero-order chi connectivity index (χ0) is 16.5. The Balaban J connectivity index is 2.45. The second-order valence-corrected chi connectivity index (χ2v) is 7.79. The van der Waals surface area contributed by atoms with Crippen LogP contribution in [0.15, 0.2) is 23.1 Å². The van der Waals surface area contributed by atoms with Gasteiger partial charge in [-0.25, -0.2) is 13.2 Å². The van der Waals surface area contributed by atoms with Crippen LogP contribution in [0.5, 0.6) is 0 Å². The van der Waals surface area contributed by atoms with E-state index in [1.54, 1.807) is 0 Å². The highest BCUT2D eigenvalue weighted by Gasteiger charge is 2.45. The second-order valence-electron chi connectivity index (χ2n) is 5.03. The lowest BCUT2D eigenvalue weighted by Gasteiger charge is -2.24. The van der Waals surface area contributed by atoms with E-state index in [1.807, 2.05) is 0 Å². The van der Waals surface area contributed by atoms with Crippen molar-refractivity contribution in [3.8, 4) is 0 Å². The Morgan fingerprint density at radius 2 is 2.00 bits per heavy atom. The van der Waals surface area contributed by atoms with Crippen LogP contribution in [0.25, 0.3) is 0 Å². The maximum absolute atomic E-state index is 12.5. The third-order valence-corrected chi connectivity index (χ3v) is 6.44. The summed E-state index contributed by atoms with van der Waals surface area (Å²) in [4.78, 5) is 22.3. The number of hydrogen-bond acceptors (Lipinski definition) is 5. The topological polar surface area (TPSA) is 121 Å². The molecule has 1 atom stereocenters. The summed E-state index contributed by atoms with van der Waals surface area (Å²) < 4.78 is 27.3. The van der Waals surface area contributed by atoms with Crippen molar-refractivity contribution in [3.63, 3.8) is 0 Å². The van der Waals surface area contributed by atoms with Crippen molar-refractivity contribution in [3.05, 3.63) is 29.3 Å². The Bertz CT molecular complexity index is 722. The van der Waals surface area contributed by atoms with Crippen LogP contribution in [0.3, 0.4) is 0 Å². The van der Waals surface area contributed by atoms with Crippen LogP contribution in [0, 0.1) is 6.92 Å². The minimum absolute atomic E-state index is 0.0775. The van der Waals surface area contributed by atoms with Crippen molar-refractivity contribution in [2.45, 2.75) is 23.8 Å². The average Bonchev–Trinajstić information content (AvgIpc) is 2.87. The average molecular weight is 345 g/mol. The van der Waals surface area contributed by atoms with Gasteiger partial charge in [-0.15, -0.1) is 0 Å². The standard InChI is InChI=1S/C13H15NO6S2/c1-8-9(11(15)16)3-2-4-10(8)22(19,20)14-13(12(17)18)5-6-21-7-13/h2-4,14H,5-7H2,1H3,(H,15,16)(H,17,18). The summed E-state index contributed by atoms with van der Waals surface area (Å²) in [5, 5.41) is 18.4. The molecule has 22 heavy (non-hydrogen) atoms. The molecule has 3 N–H and O–H groups in total. The smallest absolute Gasteiger partial charge is 0.335 e. The number of benzene rings is 1. The van der Waals surface area contributed by atoms with Crippen LogP contribution in [0.2, 0.25) is 0 Å². The number of carboxylic acids is 2. The predicted octanol–water partition coefficient (Wildman–Crippen LogP) is 0.932. The number of thioether (sulfide) groups is 1. The van der Waals surface area contributed by atoms with Crippen molar-refractivity contribution < 1.29 is 28.2 Å². The number of nitrogens with one attached hydrogen (secondary N) is 1. The number of aromatic carboxylic acids is 1. The van der Waals surface area contributed by atoms with Gasteiger partial charge in [-0.3, -0.25) is 4.79 Å². The number of rotatable bonds is 5. The van der Waals surface area contributed by atoms with Gasteiger partial charge in [0.05, 0.1) is 10.5 Å². The van der Waals surface area contributed by atoms with Gasteiger partial charge < -0.3 is 10.2 Å². The molecule has 0 amide bonds. The second kappa shape index (κ2) is 5.90. The zero-order valence-electron chi connectivity index (χ0n) is 11.7. The molecule has 0 aromatic heterocycles. The fourth-order valence-electron chi connectivity index (χ4n) is 2.31. The summed E-state index contributed by atoms with van der Waals surface area (Å²) in [5.41, 5.74) is -1.60. The van der Waals surface area contributed by atoms with E-state index >= 15 is 0 Å². The van der Waals surface area contributed by atoms with E-state index in [-0.39, 0.29) is 28.2 Å². The monoisotopic (exact) mass is 345 g/mol. The normalized spacial score (nSPS) is 21.7. The van der Waals surface area contributed by atoms with E-state index in [0.717, 1.165) is 0 Å². The molecule has 1 aromatic rings. The zero-order valence-corrected chi connectivity index (χ0v) is 13.3. The van der Waals surface area contributed by atoms with Gasteiger partial charge in [-0.05, 0) is 36.8 Å². The van der Waals surface area contributed by atoms with Crippen molar-refractivity contribution in [2.75, 3.05) is 11.5 Å². The lowest BCUT2D eigenvalue weighted by atomic mass is 10.0. The molecule has 0 radical (unpaired) electrons. The molecule has 1 fully saturated rings. The number of carboxylic acid groups (broad SMARTS) is 2. The van der Waals surface area contributed by atoms with Gasteiger partial charge in [0, 0.05) is 5.75 Å². The van der Waals surface area contributed by atoms with Crippen molar-refractivity contribution in [1.29, 1.82) is 0 Å². The van der Waals surface area contributed by atoms with Crippen LogP contribution in [-0.2, 0) is 14.8 Å². The van der Waals surface area contributed by atoms with Gasteiger partial charge in [0.1, 0.15) is 5.54 Å². The van der Waals surface area contributed by atoms with Crippen LogP contribution >= 0.6 is 11.8 Å². The molecular weight excluding hydrogens is 330 g/mol. The first-order chi connectivity index (χ1) is 10.2. The summed E-state index contributed by atoms with van der Waals surface area (Å²) in [7, 11) is -4.14. The highest BCUT2D eigenvalue weighted by atomic mass is 32.2. The van der Waals surface area contributed by atoms with Gasteiger partial charge in [0.15, 0.2) is 0 Å². The molecule has 0 saturated carbocycles. The maximum atomic E-state index is 12.5. The molecule has 1 aromatic carbocycles. The lowest BCUT2D eigenvalue weighted by Crippen LogP contribution is -2.54. The quantitative estimate of drug-likeness (QED) is 0.726. The third-order valence-electron chi connectivity index (χ3n) is 3.56. The predicted molar refractivity (Wildman–Crippen MR) is 80.8 cm³/mol. The first-order valence-corrected chi connectivity index (χ1v) is 9.01. The first-order valence-electron chi connectivity index (χ1n) is 6.38. The number of sulfonamides is 1. The Morgan fingerprint density at radius 1 is 1.32 bits per heavy atom. The first kappa shape index (κ1) is 16.8. The molecule has 2 rings (SSSR count). The van der Waals surface area contributed by atoms with E-state index in [2.05, 4.69) is 4.72 Å². The highest BCUT2D eigenvalue weighted by molar-refractivity contribution is 7.99. The summed E-state index contributed by atoms with van der Waals surface area (Å²) in [6, 6.07) is 3.89. The van der Waals surface area contributed by atoms with Crippen molar-refractivity contribution in [2.24, 2.45) is 0 Å². The van der Waals surface area contributed by atoms with Crippen LogP contribution in [0.1, 0.15) is 22.3 Å². The molecule has 7 nitrogen and oxygen atoms in total. The largest absolute Gasteiger partial charge is 0.480 e. The summed E-state index contributed by atoms with van der Waals surface area (Å²) in [6.45, 7) is 1.38. The van der Waals surface area contributed by atoms with Gasteiger partial charge in [0.25, 0.3) is 0 Å². The van der Waals surface area contributed by atoms with Gasteiger partial charge in [-0.1, -0.05) is 6.07 Å². The van der Waals surface area contributed by atoms with Gasteiger partial charge in [0.2, 0.25) is 10.0 Å². The summed E-state index contributed by atoms with van der Waals surface area (Å²) >= 11 is 1.36. The molecular formula is C13H15NO6S2. The Labute approximate surface area is 131 Å². The van der Waals surface area contributed by atoms with E-state index in [0.29, 0.717) is 5.75 Å².